The minimum atomic E-state index is -0.0180. The van der Waals surface area contributed by atoms with Crippen molar-refractivity contribution >= 4 is 17.7 Å². The van der Waals surface area contributed by atoms with Crippen molar-refractivity contribution in [2.24, 2.45) is 0 Å². The van der Waals surface area contributed by atoms with Crippen LogP contribution >= 0.6 is 11.8 Å². The molecule has 0 saturated heterocycles. The Balaban J connectivity index is 2.13. The van der Waals surface area contributed by atoms with Crippen molar-refractivity contribution in [2.75, 3.05) is 6.61 Å². The second-order valence-electron chi connectivity index (χ2n) is 6.52. The zero-order valence-electron chi connectivity index (χ0n) is 16.2. The molecule has 0 heterocycles. The lowest BCUT2D eigenvalue weighted by Crippen LogP contribution is -2.32. The van der Waals surface area contributed by atoms with Gasteiger partial charge in [-0.2, -0.15) is 0 Å². The zero-order chi connectivity index (χ0) is 18.9. The van der Waals surface area contributed by atoms with Gasteiger partial charge in [-0.25, -0.2) is 0 Å². The minimum Gasteiger partial charge on any atom is -0.494 e. The van der Waals surface area contributed by atoms with E-state index in [0.29, 0.717) is 12.2 Å². The van der Waals surface area contributed by atoms with E-state index in [9.17, 15) is 4.79 Å². The van der Waals surface area contributed by atoms with E-state index in [2.05, 4.69) is 43.4 Å². The number of thioether (sulfide) groups is 1. The van der Waals surface area contributed by atoms with Crippen molar-refractivity contribution in [3.63, 3.8) is 0 Å². The van der Waals surface area contributed by atoms with E-state index >= 15 is 0 Å². The van der Waals surface area contributed by atoms with Gasteiger partial charge in [0.05, 0.1) is 6.61 Å². The summed E-state index contributed by atoms with van der Waals surface area (Å²) in [6.07, 6.45) is 2.04. The lowest BCUT2D eigenvalue weighted by Gasteiger charge is -2.15. The average molecular weight is 372 g/mol. The smallest absolute Gasteiger partial charge is 0.251 e. The summed E-state index contributed by atoms with van der Waals surface area (Å²) < 4.78 is 5.75. The first-order chi connectivity index (χ1) is 12.5. The van der Waals surface area contributed by atoms with Gasteiger partial charge in [-0.1, -0.05) is 31.0 Å². The van der Waals surface area contributed by atoms with Crippen molar-refractivity contribution in [1.29, 1.82) is 0 Å². The summed E-state index contributed by atoms with van der Waals surface area (Å²) in [7, 11) is 0. The fourth-order valence-corrected chi connectivity index (χ4v) is 3.61. The summed E-state index contributed by atoms with van der Waals surface area (Å²) in [6, 6.07) is 14.4. The fourth-order valence-electron chi connectivity index (χ4n) is 2.74. The summed E-state index contributed by atoms with van der Waals surface area (Å²) in [4.78, 5) is 13.7. The molecule has 1 amide bonds. The quantitative estimate of drug-likeness (QED) is 0.583. The maximum absolute atomic E-state index is 12.5. The van der Waals surface area contributed by atoms with Gasteiger partial charge in [-0.3, -0.25) is 4.79 Å². The molecule has 0 radical (unpaired) electrons. The summed E-state index contributed by atoms with van der Waals surface area (Å²) in [6.45, 7) is 8.85. The fraction of sp³-hybridized carbons (Fsp3) is 0.409. The zero-order valence-corrected chi connectivity index (χ0v) is 17.0. The Labute approximate surface area is 161 Å². The second-order valence-corrected chi connectivity index (χ2v) is 7.57. The number of hydrogen-bond acceptors (Lipinski definition) is 3. The van der Waals surface area contributed by atoms with Gasteiger partial charge in [0.2, 0.25) is 0 Å². The number of hydrogen-bond donors (Lipinski definition) is 1. The molecule has 1 N–H and O–H groups in total. The molecular weight excluding hydrogens is 342 g/mol. The Morgan fingerprint density at radius 3 is 2.54 bits per heavy atom. The molecule has 3 nitrogen and oxygen atoms in total. The highest BCUT2D eigenvalue weighted by Crippen LogP contribution is 2.29. The maximum atomic E-state index is 12.5. The predicted molar refractivity (Wildman–Crippen MR) is 110 cm³/mol. The maximum Gasteiger partial charge on any atom is 0.251 e. The average Bonchev–Trinajstić information content (AvgIpc) is 2.62. The second kappa shape index (κ2) is 10.3. The van der Waals surface area contributed by atoms with E-state index in [0.717, 1.165) is 29.9 Å². The first-order valence-electron chi connectivity index (χ1n) is 9.29. The van der Waals surface area contributed by atoms with Crippen LogP contribution in [0.4, 0.5) is 0 Å². The van der Waals surface area contributed by atoms with Gasteiger partial charge in [0, 0.05) is 27.8 Å². The van der Waals surface area contributed by atoms with Gasteiger partial charge in [0.1, 0.15) is 5.75 Å². The molecule has 1 atom stereocenters. The number of ether oxygens (including phenoxy) is 1. The number of aryl methyl sites for hydroxylation is 1. The molecule has 26 heavy (non-hydrogen) atoms. The Hall–Kier alpha value is -1.94. The third-order valence-electron chi connectivity index (χ3n) is 4.14. The van der Waals surface area contributed by atoms with Crippen molar-refractivity contribution in [3.8, 4) is 5.75 Å². The largest absolute Gasteiger partial charge is 0.494 e. The molecule has 0 aliphatic carbocycles. The molecule has 0 fully saturated rings. The Kier molecular flexibility index (Phi) is 8.05. The first-order valence-corrected chi connectivity index (χ1v) is 10.3. The Morgan fingerprint density at radius 1 is 1.15 bits per heavy atom. The van der Waals surface area contributed by atoms with Crippen LogP contribution in [-0.4, -0.2) is 18.6 Å². The number of rotatable bonds is 9. The van der Waals surface area contributed by atoms with Crippen LogP contribution in [-0.2, 0) is 5.75 Å². The van der Waals surface area contributed by atoms with E-state index in [1.165, 1.54) is 10.5 Å². The molecule has 0 spiro atoms. The number of carbonyl (C=O) groups excluding carboxylic acids is 1. The summed E-state index contributed by atoms with van der Waals surface area (Å²) in [5.74, 6) is 1.60. The highest BCUT2D eigenvalue weighted by atomic mass is 32.2. The van der Waals surface area contributed by atoms with Crippen LogP contribution in [0.5, 0.6) is 5.75 Å². The van der Waals surface area contributed by atoms with Gasteiger partial charge in [-0.15, -0.1) is 11.8 Å². The number of benzene rings is 2. The Morgan fingerprint density at radius 2 is 1.88 bits per heavy atom. The third-order valence-corrected chi connectivity index (χ3v) is 5.20. The number of amides is 1. The van der Waals surface area contributed by atoms with Crippen LogP contribution in [0.3, 0.4) is 0 Å². The monoisotopic (exact) mass is 371 g/mol. The highest BCUT2D eigenvalue weighted by molar-refractivity contribution is 7.98. The molecule has 0 bridgehead atoms. The molecular formula is C22H29NO2S. The topological polar surface area (TPSA) is 38.3 Å². The van der Waals surface area contributed by atoms with Crippen LogP contribution in [0.2, 0.25) is 0 Å². The van der Waals surface area contributed by atoms with Crippen LogP contribution in [0, 0.1) is 6.92 Å². The Bertz CT molecular complexity index is 713. The third kappa shape index (κ3) is 6.10. The standard InChI is InChI=1S/C22H29NO2S/c1-5-7-17(4)23-22(24)18-10-13-21(25-6-2)19(14-18)15-26-20-11-8-16(3)9-12-20/h8-14,17H,5-7,15H2,1-4H3,(H,23,24). The van der Waals surface area contributed by atoms with Crippen molar-refractivity contribution in [1.82, 2.24) is 5.32 Å². The predicted octanol–water partition coefficient (Wildman–Crippen LogP) is 5.60. The van der Waals surface area contributed by atoms with E-state index in [1.807, 2.05) is 32.0 Å². The lowest BCUT2D eigenvalue weighted by molar-refractivity contribution is 0.0938. The van der Waals surface area contributed by atoms with E-state index in [1.54, 1.807) is 11.8 Å². The summed E-state index contributed by atoms with van der Waals surface area (Å²) >= 11 is 1.75. The van der Waals surface area contributed by atoms with Crippen LogP contribution in [0.1, 0.15) is 55.1 Å². The molecule has 2 aromatic rings. The van der Waals surface area contributed by atoms with Crippen LogP contribution < -0.4 is 10.1 Å². The van der Waals surface area contributed by atoms with Crippen LogP contribution in [0.15, 0.2) is 47.4 Å². The number of nitrogens with one attached hydrogen (secondary N) is 1. The molecule has 0 aromatic heterocycles. The summed E-state index contributed by atoms with van der Waals surface area (Å²) in [5.41, 5.74) is 2.99. The molecule has 2 aromatic carbocycles. The molecule has 2 rings (SSSR count). The first kappa shape index (κ1) is 20.4. The van der Waals surface area contributed by atoms with Gasteiger partial charge >= 0.3 is 0 Å². The SMILES string of the molecule is CCCC(C)NC(=O)c1ccc(OCC)c(CSc2ccc(C)cc2)c1. The van der Waals surface area contributed by atoms with Crippen LogP contribution in [0.25, 0.3) is 0 Å². The van der Waals surface area contributed by atoms with Gasteiger partial charge in [0.15, 0.2) is 0 Å². The van der Waals surface area contributed by atoms with Crippen molar-refractivity contribution in [3.05, 3.63) is 59.2 Å². The van der Waals surface area contributed by atoms with Crippen molar-refractivity contribution in [2.45, 2.75) is 57.2 Å². The van der Waals surface area contributed by atoms with E-state index in [4.69, 9.17) is 4.74 Å². The molecule has 140 valence electrons. The molecule has 0 aliphatic heterocycles. The molecule has 1 unspecified atom stereocenters. The van der Waals surface area contributed by atoms with Gasteiger partial charge < -0.3 is 10.1 Å². The lowest BCUT2D eigenvalue weighted by atomic mass is 10.1. The summed E-state index contributed by atoms with van der Waals surface area (Å²) in [5, 5.41) is 3.07. The number of carbonyl (C=O) groups is 1. The van der Waals surface area contributed by atoms with Gasteiger partial charge in [0.25, 0.3) is 5.91 Å². The van der Waals surface area contributed by atoms with Crippen molar-refractivity contribution < 1.29 is 9.53 Å². The van der Waals surface area contributed by atoms with E-state index < -0.39 is 0 Å². The molecule has 4 heteroatoms. The molecule has 0 saturated carbocycles. The minimum absolute atomic E-state index is 0.0180. The van der Waals surface area contributed by atoms with E-state index in [-0.39, 0.29) is 11.9 Å². The highest BCUT2D eigenvalue weighted by Gasteiger charge is 2.13. The normalized spacial score (nSPS) is 11.8. The van der Waals surface area contributed by atoms with Gasteiger partial charge in [-0.05, 0) is 57.5 Å². The molecule has 0 aliphatic rings.